The molecule has 3 rings (SSSR count). The highest BCUT2D eigenvalue weighted by Crippen LogP contribution is 2.38. The van der Waals surface area contributed by atoms with Gasteiger partial charge in [0.15, 0.2) is 0 Å². The summed E-state index contributed by atoms with van der Waals surface area (Å²) in [6.45, 7) is 4.08. The van der Waals surface area contributed by atoms with E-state index in [4.69, 9.17) is 0 Å². The number of rotatable bonds is 3. The smallest absolute Gasteiger partial charge is 0.372 e. The molecule has 24 heavy (non-hydrogen) atoms. The molecule has 0 radical (unpaired) electrons. The molecule has 0 spiro atoms. The van der Waals surface area contributed by atoms with Crippen LogP contribution in [0.5, 0.6) is 0 Å². The van der Waals surface area contributed by atoms with Crippen LogP contribution in [0, 0.1) is 0 Å². The standard InChI is InChI=1S/C16H22F3N3.2ClH/c17-16(18,19)15(22-11-7-20-8-12-22)13-3-5-14(6-4-13)21-9-1-2-10-21;;/h3-6,15,20H,1-2,7-12H2;2*1H/t15-;;/m0../s1. The number of anilines is 1. The Bertz CT molecular complexity index is 484. The summed E-state index contributed by atoms with van der Waals surface area (Å²) < 4.78 is 40.6. The number of benzene rings is 1. The van der Waals surface area contributed by atoms with E-state index >= 15 is 0 Å². The fourth-order valence-corrected chi connectivity index (χ4v) is 3.39. The second-order valence-electron chi connectivity index (χ2n) is 6.02. The van der Waals surface area contributed by atoms with E-state index in [2.05, 4.69) is 10.2 Å². The number of halogens is 5. The maximum atomic E-state index is 13.5. The second-order valence-corrected chi connectivity index (χ2v) is 6.02. The molecule has 1 atom stereocenters. The lowest BCUT2D eigenvalue weighted by atomic mass is 10.0. The van der Waals surface area contributed by atoms with Gasteiger partial charge in [-0.3, -0.25) is 4.90 Å². The molecular formula is C16H24Cl2F3N3. The minimum Gasteiger partial charge on any atom is -0.372 e. The quantitative estimate of drug-likeness (QED) is 0.856. The fraction of sp³-hybridized carbons (Fsp3) is 0.625. The third-order valence-corrected chi connectivity index (χ3v) is 4.51. The van der Waals surface area contributed by atoms with Gasteiger partial charge in [0.2, 0.25) is 0 Å². The van der Waals surface area contributed by atoms with E-state index in [1.54, 1.807) is 12.1 Å². The number of hydrogen-bond donors (Lipinski definition) is 1. The number of nitrogens with zero attached hydrogens (tertiary/aromatic N) is 2. The predicted molar refractivity (Wildman–Crippen MR) is 95.6 cm³/mol. The summed E-state index contributed by atoms with van der Waals surface area (Å²) in [7, 11) is 0. The van der Waals surface area contributed by atoms with Crippen molar-refractivity contribution in [1.82, 2.24) is 10.2 Å². The monoisotopic (exact) mass is 385 g/mol. The van der Waals surface area contributed by atoms with Crippen LogP contribution in [0.15, 0.2) is 24.3 Å². The Kier molecular flexibility index (Phi) is 8.12. The molecule has 1 aromatic rings. The summed E-state index contributed by atoms with van der Waals surface area (Å²) in [6.07, 6.45) is -1.92. The van der Waals surface area contributed by atoms with Gasteiger partial charge in [-0.1, -0.05) is 12.1 Å². The van der Waals surface area contributed by atoms with Gasteiger partial charge in [0, 0.05) is 45.0 Å². The third kappa shape index (κ3) is 4.91. The zero-order valence-electron chi connectivity index (χ0n) is 13.4. The average molecular weight is 386 g/mol. The lowest BCUT2D eigenvalue weighted by Crippen LogP contribution is -2.49. The number of hydrogen-bond acceptors (Lipinski definition) is 3. The summed E-state index contributed by atoms with van der Waals surface area (Å²) in [5, 5.41) is 3.10. The molecule has 2 saturated heterocycles. The average Bonchev–Trinajstić information content (AvgIpc) is 3.02. The minimum atomic E-state index is -4.24. The Morgan fingerprint density at radius 2 is 1.42 bits per heavy atom. The van der Waals surface area contributed by atoms with Crippen molar-refractivity contribution < 1.29 is 13.2 Å². The second kappa shape index (κ2) is 9.13. The summed E-state index contributed by atoms with van der Waals surface area (Å²) >= 11 is 0. The first kappa shape index (κ1) is 21.4. The van der Waals surface area contributed by atoms with Crippen molar-refractivity contribution in [3.8, 4) is 0 Å². The number of nitrogens with one attached hydrogen (secondary N) is 1. The highest BCUT2D eigenvalue weighted by molar-refractivity contribution is 5.85. The Labute approximate surface area is 153 Å². The molecular weight excluding hydrogens is 362 g/mol. The fourth-order valence-electron chi connectivity index (χ4n) is 3.39. The van der Waals surface area contributed by atoms with Crippen LogP contribution in [0.4, 0.5) is 18.9 Å². The zero-order valence-corrected chi connectivity index (χ0v) is 15.0. The van der Waals surface area contributed by atoms with E-state index < -0.39 is 12.2 Å². The molecule has 1 N–H and O–H groups in total. The van der Waals surface area contributed by atoms with E-state index in [0.717, 1.165) is 31.6 Å². The molecule has 0 saturated carbocycles. The van der Waals surface area contributed by atoms with Gasteiger partial charge in [-0.25, -0.2) is 0 Å². The van der Waals surface area contributed by atoms with Crippen LogP contribution in [-0.2, 0) is 0 Å². The van der Waals surface area contributed by atoms with Crippen molar-refractivity contribution in [3.63, 3.8) is 0 Å². The van der Waals surface area contributed by atoms with Crippen molar-refractivity contribution in [1.29, 1.82) is 0 Å². The summed E-state index contributed by atoms with van der Waals surface area (Å²) in [5.41, 5.74) is 1.37. The molecule has 0 aliphatic carbocycles. The van der Waals surface area contributed by atoms with Crippen molar-refractivity contribution in [2.75, 3.05) is 44.2 Å². The van der Waals surface area contributed by atoms with Gasteiger partial charge in [-0.15, -0.1) is 24.8 Å². The molecule has 0 unspecified atom stereocenters. The molecule has 0 bridgehead atoms. The SMILES string of the molecule is Cl.Cl.FC(F)(F)[C@H](c1ccc(N2CCCC2)cc1)N1CCNCC1. The van der Waals surface area contributed by atoms with E-state index in [1.807, 2.05) is 12.1 Å². The number of alkyl halides is 3. The van der Waals surface area contributed by atoms with Crippen LogP contribution in [-0.4, -0.2) is 50.3 Å². The minimum absolute atomic E-state index is 0. The molecule has 138 valence electrons. The van der Waals surface area contributed by atoms with E-state index in [0.29, 0.717) is 31.7 Å². The largest absolute Gasteiger partial charge is 0.408 e. The van der Waals surface area contributed by atoms with Gasteiger partial charge in [-0.05, 0) is 30.5 Å². The molecule has 8 heteroatoms. The molecule has 0 amide bonds. The number of piperazine rings is 1. The van der Waals surface area contributed by atoms with Crippen molar-refractivity contribution in [3.05, 3.63) is 29.8 Å². The summed E-state index contributed by atoms with van der Waals surface area (Å²) in [6, 6.07) is 5.47. The van der Waals surface area contributed by atoms with Crippen molar-refractivity contribution in [2.24, 2.45) is 0 Å². The third-order valence-electron chi connectivity index (χ3n) is 4.51. The Hall–Kier alpha value is -0.690. The van der Waals surface area contributed by atoms with Crippen LogP contribution in [0.2, 0.25) is 0 Å². The van der Waals surface area contributed by atoms with Gasteiger partial charge in [0.05, 0.1) is 0 Å². The van der Waals surface area contributed by atoms with Crippen LogP contribution in [0.3, 0.4) is 0 Å². The molecule has 2 aliphatic heterocycles. The van der Waals surface area contributed by atoms with Crippen LogP contribution in [0.25, 0.3) is 0 Å². The Morgan fingerprint density at radius 1 is 0.875 bits per heavy atom. The topological polar surface area (TPSA) is 18.5 Å². The first-order valence-electron chi connectivity index (χ1n) is 7.92. The first-order valence-corrected chi connectivity index (χ1v) is 7.92. The lowest BCUT2D eigenvalue weighted by molar-refractivity contribution is -0.187. The Balaban J connectivity index is 0.00000144. The highest BCUT2D eigenvalue weighted by atomic mass is 35.5. The molecule has 2 heterocycles. The normalized spacial score (nSPS) is 20.2. The molecule has 3 nitrogen and oxygen atoms in total. The maximum Gasteiger partial charge on any atom is 0.408 e. The predicted octanol–water partition coefficient (Wildman–Crippen LogP) is 3.64. The van der Waals surface area contributed by atoms with E-state index in [1.165, 1.54) is 4.90 Å². The lowest BCUT2D eigenvalue weighted by Gasteiger charge is -2.36. The summed E-state index contributed by atoms with van der Waals surface area (Å²) in [5.74, 6) is 0. The molecule has 0 aromatic heterocycles. The highest BCUT2D eigenvalue weighted by Gasteiger charge is 2.44. The Morgan fingerprint density at radius 3 is 1.92 bits per heavy atom. The van der Waals surface area contributed by atoms with Gasteiger partial charge >= 0.3 is 6.18 Å². The molecule has 2 aliphatic rings. The van der Waals surface area contributed by atoms with Gasteiger partial charge in [-0.2, -0.15) is 13.2 Å². The van der Waals surface area contributed by atoms with Crippen molar-refractivity contribution in [2.45, 2.75) is 25.1 Å². The van der Waals surface area contributed by atoms with E-state index in [9.17, 15) is 13.2 Å². The zero-order chi connectivity index (χ0) is 15.6. The molecule has 1 aromatic carbocycles. The maximum absolute atomic E-state index is 13.5. The van der Waals surface area contributed by atoms with Gasteiger partial charge in [0.25, 0.3) is 0 Å². The van der Waals surface area contributed by atoms with Crippen molar-refractivity contribution >= 4 is 30.5 Å². The molecule has 2 fully saturated rings. The van der Waals surface area contributed by atoms with Crippen LogP contribution in [0.1, 0.15) is 24.4 Å². The van der Waals surface area contributed by atoms with Crippen LogP contribution >= 0.6 is 24.8 Å². The summed E-state index contributed by atoms with van der Waals surface area (Å²) in [4.78, 5) is 3.76. The van der Waals surface area contributed by atoms with E-state index in [-0.39, 0.29) is 24.8 Å². The van der Waals surface area contributed by atoms with Gasteiger partial charge < -0.3 is 10.2 Å². The van der Waals surface area contributed by atoms with Crippen LogP contribution < -0.4 is 10.2 Å². The first-order chi connectivity index (χ1) is 10.6. The van der Waals surface area contributed by atoms with Gasteiger partial charge in [0.1, 0.15) is 6.04 Å².